The summed E-state index contributed by atoms with van der Waals surface area (Å²) in [6.07, 6.45) is 6.66. The van der Waals surface area contributed by atoms with Gasteiger partial charge in [-0.05, 0) is 50.4 Å². The Morgan fingerprint density at radius 1 is 1.14 bits per heavy atom. The number of rotatable bonds is 3. The summed E-state index contributed by atoms with van der Waals surface area (Å²) in [6, 6.07) is 0.552. The van der Waals surface area contributed by atoms with Crippen LogP contribution >= 0.6 is 0 Å². The Balaban J connectivity index is 1.60. The van der Waals surface area contributed by atoms with Gasteiger partial charge in [-0.2, -0.15) is 0 Å². The van der Waals surface area contributed by atoms with E-state index in [-0.39, 0.29) is 5.91 Å². The highest BCUT2D eigenvalue weighted by atomic mass is 16.4. The van der Waals surface area contributed by atoms with Gasteiger partial charge in [-0.1, -0.05) is 6.92 Å². The summed E-state index contributed by atoms with van der Waals surface area (Å²) in [7, 11) is 0. The molecule has 3 saturated heterocycles. The maximum atomic E-state index is 12.6. The highest BCUT2D eigenvalue weighted by Crippen LogP contribution is 2.33. The van der Waals surface area contributed by atoms with Crippen molar-refractivity contribution in [2.45, 2.75) is 70.0 Å². The number of fused-ring (bicyclic) bond motifs is 2. The van der Waals surface area contributed by atoms with Crippen LogP contribution in [0.1, 0.15) is 51.9 Å². The molecule has 0 spiro atoms. The minimum Gasteiger partial charge on any atom is -0.480 e. The fourth-order valence-corrected chi connectivity index (χ4v) is 4.38. The lowest BCUT2D eigenvalue weighted by Crippen LogP contribution is -2.50. The molecule has 0 saturated carbocycles. The highest BCUT2D eigenvalue weighted by molar-refractivity contribution is 5.84. The molecule has 21 heavy (non-hydrogen) atoms. The van der Waals surface area contributed by atoms with E-state index in [0.717, 1.165) is 19.3 Å². The molecule has 0 aliphatic carbocycles. The first kappa shape index (κ1) is 14.8. The zero-order valence-electron chi connectivity index (χ0n) is 12.8. The van der Waals surface area contributed by atoms with E-state index in [9.17, 15) is 14.7 Å². The Bertz CT molecular complexity index is 414. The molecule has 5 nitrogen and oxygen atoms in total. The standard InChI is InChI=1S/C16H26N2O3/c1-10-4-5-18(14(6-10)16(20)21)15(19)9-11-7-12-2-3-13(8-11)17-12/h10-14,17H,2-9H2,1H3,(H,20,21). The van der Waals surface area contributed by atoms with Crippen molar-refractivity contribution >= 4 is 11.9 Å². The minimum absolute atomic E-state index is 0.0561. The van der Waals surface area contributed by atoms with Crippen molar-refractivity contribution in [3.8, 4) is 0 Å². The molecule has 3 aliphatic heterocycles. The van der Waals surface area contributed by atoms with Gasteiger partial charge in [-0.3, -0.25) is 4.79 Å². The molecule has 3 heterocycles. The smallest absolute Gasteiger partial charge is 0.326 e. The topological polar surface area (TPSA) is 69.6 Å². The third-order valence-electron chi connectivity index (χ3n) is 5.50. The number of aliphatic carboxylic acids is 1. The van der Waals surface area contributed by atoms with Gasteiger partial charge in [0.1, 0.15) is 6.04 Å². The Morgan fingerprint density at radius 3 is 2.43 bits per heavy atom. The maximum absolute atomic E-state index is 12.6. The van der Waals surface area contributed by atoms with Crippen LogP contribution in [0.15, 0.2) is 0 Å². The van der Waals surface area contributed by atoms with Gasteiger partial charge < -0.3 is 15.3 Å². The van der Waals surface area contributed by atoms with Crippen LogP contribution in [0.25, 0.3) is 0 Å². The number of hydrogen-bond acceptors (Lipinski definition) is 3. The first-order chi connectivity index (χ1) is 10.0. The molecular weight excluding hydrogens is 268 g/mol. The van der Waals surface area contributed by atoms with Crippen LogP contribution in [0, 0.1) is 11.8 Å². The van der Waals surface area contributed by atoms with Crippen molar-refractivity contribution in [1.29, 1.82) is 0 Å². The van der Waals surface area contributed by atoms with Crippen LogP contribution in [0.3, 0.4) is 0 Å². The number of carboxylic acids is 1. The van der Waals surface area contributed by atoms with Crippen LogP contribution in [0.5, 0.6) is 0 Å². The van der Waals surface area contributed by atoms with E-state index in [0.29, 0.717) is 43.3 Å². The van der Waals surface area contributed by atoms with Gasteiger partial charge in [0, 0.05) is 25.0 Å². The lowest BCUT2D eigenvalue weighted by atomic mass is 9.87. The van der Waals surface area contributed by atoms with Gasteiger partial charge in [0.15, 0.2) is 0 Å². The third-order valence-corrected chi connectivity index (χ3v) is 5.50. The van der Waals surface area contributed by atoms with E-state index in [2.05, 4.69) is 12.2 Å². The Morgan fingerprint density at radius 2 is 1.81 bits per heavy atom. The summed E-state index contributed by atoms with van der Waals surface area (Å²) in [5, 5.41) is 13.0. The van der Waals surface area contributed by atoms with E-state index in [1.165, 1.54) is 12.8 Å². The first-order valence-corrected chi connectivity index (χ1v) is 8.31. The summed E-state index contributed by atoms with van der Waals surface area (Å²) in [5.74, 6) is 0.0378. The summed E-state index contributed by atoms with van der Waals surface area (Å²) in [4.78, 5) is 25.6. The van der Waals surface area contributed by atoms with Crippen molar-refractivity contribution in [2.75, 3.05) is 6.54 Å². The Hall–Kier alpha value is -1.10. The molecule has 118 valence electrons. The molecule has 2 N–H and O–H groups in total. The fourth-order valence-electron chi connectivity index (χ4n) is 4.38. The number of nitrogens with zero attached hydrogens (tertiary/aromatic N) is 1. The number of carbonyl (C=O) groups is 2. The average molecular weight is 294 g/mol. The molecule has 0 radical (unpaired) electrons. The molecule has 0 aromatic heterocycles. The van der Waals surface area contributed by atoms with Gasteiger partial charge in [0.2, 0.25) is 5.91 Å². The van der Waals surface area contributed by atoms with Gasteiger partial charge in [0.05, 0.1) is 0 Å². The van der Waals surface area contributed by atoms with Crippen LogP contribution < -0.4 is 5.32 Å². The van der Waals surface area contributed by atoms with E-state index in [1.807, 2.05) is 0 Å². The third kappa shape index (κ3) is 3.23. The van der Waals surface area contributed by atoms with Gasteiger partial charge in [0.25, 0.3) is 0 Å². The number of likely N-dealkylation sites (tertiary alicyclic amines) is 1. The second kappa shape index (κ2) is 5.95. The zero-order chi connectivity index (χ0) is 15.0. The number of carbonyl (C=O) groups excluding carboxylic acids is 1. The molecule has 0 aromatic rings. The number of nitrogens with one attached hydrogen (secondary N) is 1. The van der Waals surface area contributed by atoms with Crippen LogP contribution in [-0.2, 0) is 9.59 Å². The molecule has 5 heteroatoms. The summed E-state index contributed by atoms with van der Waals surface area (Å²) < 4.78 is 0. The summed E-state index contributed by atoms with van der Waals surface area (Å²) >= 11 is 0. The SMILES string of the molecule is CC1CCN(C(=O)CC2CC3CCC(C2)N3)C(C(=O)O)C1. The molecule has 0 aromatic carbocycles. The van der Waals surface area contributed by atoms with Gasteiger partial charge >= 0.3 is 5.97 Å². The minimum atomic E-state index is -0.847. The second-order valence-electron chi connectivity index (χ2n) is 7.25. The predicted molar refractivity (Wildman–Crippen MR) is 78.8 cm³/mol. The molecule has 3 fully saturated rings. The number of carboxylic acid groups (broad SMARTS) is 1. The average Bonchev–Trinajstić information content (AvgIpc) is 2.77. The zero-order valence-corrected chi connectivity index (χ0v) is 12.8. The number of hydrogen-bond donors (Lipinski definition) is 2. The fraction of sp³-hybridized carbons (Fsp3) is 0.875. The normalized spacial score (nSPS) is 39.3. The molecule has 4 atom stereocenters. The first-order valence-electron chi connectivity index (χ1n) is 8.31. The summed E-state index contributed by atoms with van der Waals surface area (Å²) in [6.45, 7) is 2.68. The second-order valence-corrected chi connectivity index (χ2v) is 7.25. The van der Waals surface area contributed by atoms with E-state index < -0.39 is 12.0 Å². The predicted octanol–water partition coefficient (Wildman–Crippen LogP) is 1.62. The quantitative estimate of drug-likeness (QED) is 0.830. The molecular formula is C16H26N2O3. The van der Waals surface area contributed by atoms with Crippen LogP contribution in [-0.4, -0.2) is 46.6 Å². The molecule has 3 aliphatic rings. The highest BCUT2D eigenvalue weighted by Gasteiger charge is 2.38. The lowest BCUT2D eigenvalue weighted by Gasteiger charge is -2.37. The monoisotopic (exact) mass is 294 g/mol. The van der Waals surface area contributed by atoms with Crippen molar-refractivity contribution in [3.63, 3.8) is 0 Å². The van der Waals surface area contributed by atoms with Crippen molar-refractivity contribution in [3.05, 3.63) is 0 Å². The lowest BCUT2D eigenvalue weighted by molar-refractivity contribution is -0.153. The van der Waals surface area contributed by atoms with E-state index in [1.54, 1.807) is 4.90 Å². The Kier molecular flexibility index (Phi) is 4.20. The van der Waals surface area contributed by atoms with Gasteiger partial charge in [-0.15, -0.1) is 0 Å². The van der Waals surface area contributed by atoms with E-state index in [4.69, 9.17) is 0 Å². The van der Waals surface area contributed by atoms with Crippen LogP contribution in [0.4, 0.5) is 0 Å². The number of piperidine rings is 2. The van der Waals surface area contributed by atoms with Gasteiger partial charge in [-0.25, -0.2) is 4.79 Å². The molecule has 4 unspecified atom stereocenters. The van der Waals surface area contributed by atoms with Crippen molar-refractivity contribution < 1.29 is 14.7 Å². The molecule has 2 bridgehead atoms. The largest absolute Gasteiger partial charge is 0.480 e. The maximum Gasteiger partial charge on any atom is 0.326 e. The number of amides is 1. The van der Waals surface area contributed by atoms with Crippen molar-refractivity contribution in [1.82, 2.24) is 10.2 Å². The summed E-state index contributed by atoms with van der Waals surface area (Å²) in [5.41, 5.74) is 0. The Labute approximate surface area is 126 Å². The van der Waals surface area contributed by atoms with Crippen LogP contribution in [0.2, 0.25) is 0 Å². The van der Waals surface area contributed by atoms with E-state index >= 15 is 0 Å². The molecule has 1 amide bonds. The van der Waals surface area contributed by atoms with Crippen molar-refractivity contribution in [2.24, 2.45) is 11.8 Å². The molecule has 3 rings (SSSR count).